The number of anilines is 1. The third kappa shape index (κ3) is 1.20. The zero-order valence-corrected chi connectivity index (χ0v) is 7.41. The van der Waals surface area contributed by atoms with Crippen LogP contribution in [0.25, 0.3) is 10.8 Å². The minimum absolute atomic E-state index is 0.293. The Morgan fingerprint density at radius 1 is 1.08 bits per heavy atom. The van der Waals surface area contributed by atoms with Crippen molar-refractivity contribution in [2.24, 2.45) is 0 Å². The molecule has 2 rings (SSSR count). The molecule has 2 heteroatoms. The number of hydrogen-bond donors (Lipinski definition) is 2. The summed E-state index contributed by atoms with van der Waals surface area (Å²) < 4.78 is 0. The van der Waals surface area contributed by atoms with Crippen molar-refractivity contribution >= 4 is 16.5 Å². The van der Waals surface area contributed by atoms with Gasteiger partial charge in [-0.2, -0.15) is 0 Å². The summed E-state index contributed by atoms with van der Waals surface area (Å²) in [5.74, 6) is 0.293. The van der Waals surface area contributed by atoms with E-state index < -0.39 is 0 Å². The van der Waals surface area contributed by atoms with E-state index in [0.29, 0.717) is 5.75 Å². The summed E-state index contributed by atoms with van der Waals surface area (Å²) in [6, 6.07) is 11.6. The first-order valence-corrected chi connectivity index (χ1v) is 4.21. The Morgan fingerprint density at radius 3 is 2.62 bits per heavy atom. The number of hydrogen-bond acceptors (Lipinski definition) is 2. The monoisotopic (exact) mass is 173 g/mol. The number of fused-ring (bicyclic) bond motifs is 1. The average Bonchev–Trinajstić information content (AvgIpc) is 2.18. The van der Waals surface area contributed by atoms with Crippen molar-refractivity contribution in [3.8, 4) is 5.75 Å². The van der Waals surface area contributed by atoms with Crippen LogP contribution in [-0.2, 0) is 0 Å². The zero-order chi connectivity index (χ0) is 9.26. The molecule has 0 aliphatic rings. The number of benzene rings is 2. The largest absolute Gasteiger partial charge is 0.506 e. The molecule has 0 bridgehead atoms. The summed E-state index contributed by atoms with van der Waals surface area (Å²) in [6.07, 6.45) is 0. The fourth-order valence-electron chi connectivity index (χ4n) is 1.52. The number of phenols is 1. The van der Waals surface area contributed by atoms with E-state index in [4.69, 9.17) is 0 Å². The van der Waals surface area contributed by atoms with Gasteiger partial charge in [0, 0.05) is 12.4 Å². The summed E-state index contributed by atoms with van der Waals surface area (Å²) in [6.45, 7) is 0. The van der Waals surface area contributed by atoms with Crippen molar-refractivity contribution in [3.05, 3.63) is 36.4 Å². The Morgan fingerprint density at radius 2 is 1.85 bits per heavy atom. The number of nitrogens with one attached hydrogen (secondary N) is 1. The molecule has 0 saturated heterocycles. The topological polar surface area (TPSA) is 32.3 Å². The predicted octanol–water partition coefficient (Wildman–Crippen LogP) is 2.59. The normalized spacial score (nSPS) is 10.2. The van der Waals surface area contributed by atoms with E-state index in [-0.39, 0.29) is 0 Å². The Kier molecular flexibility index (Phi) is 1.81. The first kappa shape index (κ1) is 7.92. The van der Waals surface area contributed by atoms with Gasteiger partial charge in [-0.1, -0.05) is 30.3 Å². The second-order valence-electron chi connectivity index (χ2n) is 2.93. The number of aromatic hydroxyl groups is 1. The van der Waals surface area contributed by atoms with Crippen molar-refractivity contribution < 1.29 is 5.11 Å². The standard InChI is InChI=1S/C11H11NO/c1-12-11-9-5-3-2-4-8(9)6-7-10(11)13/h2-7,12-13H,1H3. The summed E-state index contributed by atoms with van der Waals surface area (Å²) >= 11 is 0. The van der Waals surface area contributed by atoms with Gasteiger partial charge in [0.05, 0.1) is 5.69 Å². The predicted molar refractivity (Wildman–Crippen MR) is 55.2 cm³/mol. The van der Waals surface area contributed by atoms with E-state index in [2.05, 4.69) is 5.32 Å². The highest BCUT2D eigenvalue weighted by atomic mass is 16.3. The van der Waals surface area contributed by atoms with Gasteiger partial charge in [-0.25, -0.2) is 0 Å². The zero-order valence-electron chi connectivity index (χ0n) is 7.41. The molecule has 0 saturated carbocycles. The molecule has 0 radical (unpaired) electrons. The average molecular weight is 173 g/mol. The van der Waals surface area contributed by atoms with Crippen molar-refractivity contribution in [2.75, 3.05) is 12.4 Å². The Bertz CT molecular complexity index is 437. The Hall–Kier alpha value is -1.70. The van der Waals surface area contributed by atoms with E-state index in [9.17, 15) is 5.11 Å². The first-order chi connectivity index (χ1) is 6.33. The van der Waals surface area contributed by atoms with Crippen molar-refractivity contribution in [3.63, 3.8) is 0 Å². The van der Waals surface area contributed by atoms with Gasteiger partial charge in [0.2, 0.25) is 0 Å². The van der Waals surface area contributed by atoms with E-state index in [0.717, 1.165) is 16.5 Å². The molecule has 0 aliphatic heterocycles. The highest BCUT2D eigenvalue weighted by molar-refractivity contribution is 5.96. The fraction of sp³-hybridized carbons (Fsp3) is 0.0909. The van der Waals surface area contributed by atoms with Crippen LogP contribution in [0, 0.1) is 0 Å². The summed E-state index contributed by atoms with van der Waals surface area (Å²) in [5, 5.41) is 14.7. The maximum atomic E-state index is 9.55. The van der Waals surface area contributed by atoms with Gasteiger partial charge in [0.15, 0.2) is 0 Å². The summed E-state index contributed by atoms with van der Waals surface area (Å²) in [4.78, 5) is 0. The van der Waals surface area contributed by atoms with Crippen LogP contribution in [0.5, 0.6) is 5.75 Å². The molecule has 0 aromatic heterocycles. The molecule has 0 aliphatic carbocycles. The van der Waals surface area contributed by atoms with Crippen LogP contribution in [0.2, 0.25) is 0 Å². The molecule has 2 aromatic carbocycles. The second-order valence-corrected chi connectivity index (χ2v) is 2.93. The third-order valence-corrected chi connectivity index (χ3v) is 2.16. The van der Waals surface area contributed by atoms with E-state index >= 15 is 0 Å². The van der Waals surface area contributed by atoms with Gasteiger partial charge in [-0.05, 0) is 11.5 Å². The van der Waals surface area contributed by atoms with E-state index in [1.165, 1.54) is 0 Å². The first-order valence-electron chi connectivity index (χ1n) is 4.21. The van der Waals surface area contributed by atoms with Crippen LogP contribution >= 0.6 is 0 Å². The van der Waals surface area contributed by atoms with Gasteiger partial charge >= 0.3 is 0 Å². The Labute approximate surface area is 76.8 Å². The molecule has 0 fully saturated rings. The highest BCUT2D eigenvalue weighted by Gasteiger charge is 2.02. The Balaban J connectivity index is 2.84. The van der Waals surface area contributed by atoms with Crippen molar-refractivity contribution in [2.45, 2.75) is 0 Å². The lowest BCUT2D eigenvalue weighted by Gasteiger charge is -2.07. The molecule has 0 spiro atoms. The van der Waals surface area contributed by atoms with Crippen molar-refractivity contribution in [1.82, 2.24) is 0 Å². The highest BCUT2D eigenvalue weighted by Crippen LogP contribution is 2.31. The minimum Gasteiger partial charge on any atom is -0.506 e. The van der Waals surface area contributed by atoms with Crippen LogP contribution in [0.15, 0.2) is 36.4 Å². The molecule has 2 aromatic rings. The van der Waals surface area contributed by atoms with Crippen LogP contribution in [0.1, 0.15) is 0 Å². The van der Waals surface area contributed by atoms with Gasteiger partial charge in [0.25, 0.3) is 0 Å². The lowest BCUT2D eigenvalue weighted by atomic mass is 10.1. The maximum absolute atomic E-state index is 9.55. The van der Waals surface area contributed by atoms with Gasteiger partial charge in [-0.3, -0.25) is 0 Å². The third-order valence-electron chi connectivity index (χ3n) is 2.16. The number of rotatable bonds is 1. The van der Waals surface area contributed by atoms with Gasteiger partial charge < -0.3 is 10.4 Å². The van der Waals surface area contributed by atoms with E-state index in [1.54, 1.807) is 6.07 Å². The van der Waals surface area contributed by atoms with Crippen LogP contribution in [0.4, 0.5) is 5.69 Å². The quantitative estimate of drug-likeness (QED) is 0.649. The SMILES string of the molecule is CNc1c(O)ccc2ccccc12. The molecule has 0 atom stereocenters. The molecule has 0 heterocycles. The molecule has 13 heavy (non-hydrogen) atoms. The van der Waals surface area contributed by atoms with Crippen LogP contribution < -0.4 is 5.32 Å². The molecule has 2 nitrogen and oxygen atoms in total. The van der Waals surface area contributed by atoms with E-state index in [1.807, 2.05) is 37.4 Å². The van der Waals surface area contributed by atoms with Gasteiger partial charge in [0.1, 0.15) is 5.75 Å². The summed E-state index contributed by atoms with van der Waals surface area (Å²) in [7, 11) is 1.81. The lowest BCUT2D eigenvalue weighted by Crippen LogP contribution is -1.89. The number of phenolic OH excluding ortho intramolecular Hbond substituents is 1. The fourth-order valence-corrected chi connectivity index (χ4v) is 1.52. The maximum Gasteiger partial charge on any atom is 0.139 e. The van der Waals surface area contributed by atoms with Gasteiger partial charge in [-0.15, -0.1) is 0 Å². The van der Waals surface area contributed by atoms with Crippen LogP contribution in [0.3, 0.4) is 0 Å². The molecule has 2 N–H and O–H groups in total. The molecule has 0 amide bonds. The lowest BCUT2D eigenvalue weighted by molar-refractivity contribution is 0.478. The minimum atomic E-state index is 0.293. The summed E-state index contributed by atoms with van der Waals surface area (Å²) in [5.41, 5.74) is 0.790. The van der Waals surface area contributed by atoms with Crippen molar-refractivity contribution in [1.29, 1.82) is 0 Å². The second kappa shape index (κ2) is 2.98. The molecule has 0 unspecified atom stereocenters. The van der Waals surface area contributed by atoms with Crippen LogP contribution in [-0.4, -0.2) is 12.2 Å². The molecule has 66 valence electrons. The smallest absolute Gasteiger partial charge is 0.139 e. The molecular formula is C11H11NO. The molecular weight excluding hydrogens is 162 g/mol.